The van der Waals surface area contributed by atoms with E-state index in [-0.39, 0.29) is 22.8 Å². The van der Waals surface area contributed by atoms with Gasteiger partial charge >= 0.3 is 5.97 Å². The van der Waals surface area contributed by atoms with Crippen molar-refractivity contribution in [2.45, 2.75) is 11.1 Å². The number of thioether (sulfide) groups is 1. The number of hydrogen-bond acceptors (Lipinski definition) is 6. The molecule has 0 saturated heterocycles. The Kier molecular flexibility index (Phi) is 4.00. The number of thiophene rings is 1. The van der Waals surface area contributed by atoms with Gasteiger partial charge in [0, 0.05) is 0 Å². The Morgan fingerprint density at radius 1 is 1.73 bits per heavy atom. The average molecular weight is 243 g/mol. The third-order valence-corrected chi connectivity index (χ3v) is 3.89. The summed E-state index contributed by atoms with van der Waals surface area (Å²) in [5.74, 6) is -0.859. The number of aromatic hydroxyl groups is 1. The first kappa shape index (κ1) is 11.9. The van der Waals surface area contributed by atoms with Gasteiger partial charge in [-0.3, -0.25) is 0 Å². The summed E-state index contributed by atoms with van der Waals surface area (Å²) in [5.41, 5.74) is 0.149. The van der Waals surface area contributed by atoms with Crippen LogP contribution in [0.15, 0.2) is 4.21 Å². The molecule has 0 bridgehead atoms. The molecule has 1 aromatic heterocycles. The molecule has 0 aliphatic heterocycles. The van der Waals surface area contributed by atoms with Gasteiger partial charge in [-0.05, 0) is 13.2 Å². The number of rotatable bonds is 3. The Labute approximate surface area is 95.5 Å². The minimum Gasteiger partial charge on any atom is -0.505 e. The molecule has 0 saturated carbocycles. The lowest BCUT2D eigenvalue weighted by Gasteiger charge is -1.97. The second-order valence-electron chi connectivity index (χ2n) is 2.48. The van der Waals surface area contributed by atoms with Crippen LogP contribution in [0.3, 0.4) is 0 Å². The molecule has 4 nitrogen and oxygen atoms in total. The Bertz CT molecular complexity index is 420. The molecule has 0 aromatic carbocycles. The van der Waals surface area contributed by atoms with E-state index in [4.69, 9.17) is 10.00 Å². The first-order valence-corrected chi connectivity index (χ1v) is 6.16. The zero-order valence-corrected chi connectivity index (χ0v) is 9.87. The first-order valence-electron chi connectivity index (χ1n) is 4.12. The molecule has 1 rings (SSSR count). The van der Waals surface area contributed by atoms with Gasteiger partial charge in [0.05, 0.1) is 10.8 Å². The molecule has 0 amide bonds. The summed E-state index contributed by atoms with van der Waals surface area (Å²) >= 11 is 2.39. The number of esters is 1. The van der Waals surface area contributed by atoms with E-state index in [2.05, 4.69) is 0 Å². The lowest BCUT2D eigenvalue weighted by molar-refractivity contribution is 0.0529. The molecule has 0 atom stereocenters. The quantitative estimate of drug-likeness (QED) is 0.651. The smallest absolute Gasteiger partial charge is 0.352 e. The van der Waals surface area contributed by atoms with Crippen molar-refractivity contribution in [2.24, 2.45) is 0 Å². The van der Waals surface area contributed by atoms with Crippen LogP contribution >= 0.6 is 23.1 Å². The lowest BCUT2D eigenvalue weighted by Crippen LogP contribution is -2.02. The van der Waals surface area contributed by atoms with Crippen molar-refractivity contribution < 1.29 is 14.6 Å². The molecule has 0 aliphatic rings. The molecule has 0 fully saturated rings. The van der Waals surface area contributed by atoms with Gasteiger partial charge in [-0.25, -0.2) is 4.79 Å². The lowest BCUT2D eigenvalue weighted by atomic mass is 10.3. The number of nitriles is 1. The van der Waals surface area contributed by atoms with Crippen molar-refractivity contribution in [1.29, 1.82) is 5.26 Å². The van der Waals surface area contributed by atoms with Crippen LogP contribution in [0.4, 0.5) is 0 Å². The Morgan fingerprint density at radius 2 is 2.40 bits per heavy atom. The number of ether oxygens (including phenoxy) is 1. The van der Waals surface area contributed by atoms with Gasteiger partial charge in [-0.2, -0.15) is 5.26 Å². The molecule has 1 heterocycles. The minimum atomic E-state index is -0.586. The van der Waals surface area contributed by atoms with Crippen LogP contribution in [-0.2, 0) is 4.74 Å². The molecular formula is C9H9NO3S2. The summed E-state index contributed by atoms with van der Waals surface area (Å²) in [7, 11) is 0. The number of hydrogen-bond donors (Lipinski definition) is 1. The van der Waals surface area contributed by atoms with Crippen LogP contribution < -0.4 is 0 Å². The van der Waals surface area contributed by atoms with Crippen LogP contribution in [0.25, 0.3) is 0 Å². The highest BCUT2D eigenvalue weighted by molar-refractivity contribution is 8.00. The second-order valence-corrected chi connectivity index (χ2v) is 4.57. The molecule has 0 spiro atoms. The van der Waals surface area contributed by atoms with Crippen molar-refractivity contribution >= 4 is 29.1 Å². The number of carbonyl (C=O) groups is 1. The fourth-order valence-corrected chi connectivity index (χ4v) is 2.68. The van der Waals surface area contributed by atoms with E-state index in [0.29, 0.717) is 4.21 Å². The molecule has 80 valence electrons. The van der Waals surface area contributed by atoms with Gasteiger partial charge < -0.3 is 9.84 Å². The number of carbonyl (C=O) groups excluding carboxylic acids is 1. The molecule has 0 aliphatic carbocycles. The molecule has 1 N–H and O–H groups in total. The summed E-state index contributed by atoms with van der Waals surface area (Å²) in [4.78, 5) is 11.5. The van der Waals surface area contributed by atoms with E-state index in [1.54, 1.807) is 13.2 Å². The third kappa shape index (κ3) is 2.25. The van der Waals surface area contributed by atoms with Gasteiger partial charge in [0.15, 0.2) is 10.6 Å². The van der Waals surface area contributed by atoms with E-state index in [0.717, 1.165) is 11.3 Å². The highest BCUT2D eigenvalue weighted by Crippen LogP contribution is 2.39. The van der Waals surface area contributed by atoms with Crippen molar-refractivity contribution in [3.05, 3.63) is 10.4 Å². The van der Waals surface area contributed by atoms with Gasteiger partial charge in [0.1, 0.15) is 11.6 Å². The average Bonchev–Trinajstić information content (AvgIpc) is 2.55. The maximum absolute atomic E-state index is 11.4. The monoisotopic (exact) mass is 243 g/mol. The third-order valence-electron chi connectivity index (χ3n) is 1.61. The number of nitrogens with zero attached hydrogens (tertiary/aromatic N) is 1. The van der Waals surface area contributed by atoms with E-state index >= 15 is 0 Å². The SMILES string of the molecule is CCOC(=O)c1sc(SC)c(C#N)c1O. The molecule has 15 heavy (non-hydrogen) atoms. The minimum absolute atomic E-state index is 0.0951. The highest BCUT2D eigenvalue weighted by atomic mass is 32.2. The maximum Gasteiger partial charge on any atom is 0.352 e. The van der Waals surface area contributed by atoms with Crippen LogP contribution in [0.2, 0.25) is 0 Å². The predicted octanol–water partition coefficient (Wildman–Crippen LogP) is 2.22. The summed E-state index contributed by atoms with van der Waals surface area (Å²) in [6, 6.07) is 1.86. The van der Waals surface area contributed by atoms with Crippen molar-refractivity contribution in [3.8, 4) is 11.8 Å². The Morgan fingerprint density at radius 3 is 2.80 bits per heavy atom. The summed E-state index contributed by atoms with van der Waals surface area (Å²) in [6.07, 6.45) is 1.78. The predicted molar refractivity (Wildman–Crippen MR) is 58.4 cm³/mol. The summed E-state index contributed by atoms with van der Waals surface area (Å²) in [6.45, 7) is 1.93. The molecular weight excluding hydrogens is 234 g/mol. The van der Waals surface area contributed by atoms with Gasteiger partial charge in [-0.15, -0.1) is 23.1 Å². The molecule has 0 radical (unpaired) electrons. The maximum atomic E-state index is 11.4. The van der Waals surface area contributed by atoms with Crippen LogP contribution in [0.1, 0.15) is 22.2 Å². The van der Waals surface area contributed by atoms with Gasteiger partial charge in [0.2, 0.25) is 0 Å². The second kappa shape index (κ2) is 5.05. The largest absolute Gasteiger partial charge is 0.505 e. The van der Waals surface area contributed by atoms with Crippen LogP contribution in [0, 0.1) is 11.3 Å². The zero-order chi connectivity index (χ0) is 11.4. The van der Waals surface area contributed by atoms with Crippen molar-refractivity contribution in [2.75, 3.05) is 12.9 Å². The summed E-state index contributed by atoms with van der Waals surface area (Å²) in [5, 5.41) is 18.4. The molecule has 6 heteroatoms. The van der Waals surface area contributed by atoms with Crippen molar-refractivity contribution in [3.63, 3.8) is 0 Å². The molecule has 0 unspecified atom stereocenters. The van der Waals surface area contributed by atoms with E-state index < -0.39 is 5.97 Å². The molecule has 1 aromatic rings. The standard InChI is InChI=1S/C9H9NO3S2/c1-3-13-8(12)7-6(11)5(4-10)9(14-2)15-7/h11H,3H2,1-2H3. The topological polar surface area (TPSA) is 70.3 Å². The van der Waals surface area contributed by atoms with E-state index in [1.165, 1.54) is 11.8 Å². The fraction of sp³-hybridized carbons (Fsp3) is 0.333. The Balaban J connectivity index is 3.16. The fourth-order valence-electron chi connectivity index (χ4n) is 0.980. The normalized spacial score (nSPS) is 9.67. The van der Waals surface area contributed by atoms with E-state index in [1.807, 2.05) is 6.07 Å². The Hall–Kier alpha value is -1.19. The first-order chi connectivity index (χ1) is 7.15. The van der Waals surface area contributed by atoms with Crippen molar-refractivity contribution in [1.82, 2.24) is 0 Å². The van der Waals surface area contributed by atoms with Gasteiger partial charge in [-0.1, -0.05) is 0 Å². The summed E-state index contributed by atoms with van der Waals surface area (Å²) < 4.78 is 5.38. The zero-order valence-electron chi connectivity index (χ0n) is 8.23. The van der Waals surface area contributed by atoms with E-state index in [9.17, 15) is 9.90 Å². The van der Waals surface area contributed by atoms with Crippen LogP contribution in [0.5, 0.6) is 5.75 Å². The van der Waals surface area contributed by atoms with Gasteiger partial charge in [0.25, 0.3) is 0 Å². The van der Waals surface area contributed by atoms with Crippen LogP contribution in [-0.4, -0.2) is 23.9 Å². The highest BCUT2D eigenvalue weighted by Gasteiger charge is 2.22.